The van der Waals surface area contributed by atoms with Crippen LogP contribution in [0.15, 0.2) is 42.5 Å². The predicted octanol–water partition coefficient (Wildman–Crippen LogP) is 3.94. The van der Waals surface area contributed by atoms with Crippen LogP contribution >= 0.6 is 11.6 Å². The molecular weight excluding hydrogens is 338 g/mol. The van der Waals surface area contributed by atoms with Gasteiger partial charge in [0.05, 0.1) is 17.1 Å². The quantitative estimate of drug-likeness (QED) is 0.824. The average Bonchev–Trinajstić information content (AvgIpc) is 2.62. The highest BCUT2D eigenvalue weighted by molar-refractivity contribution is 6.33. The number of para-hydroxylation sites is 1. The van der Waals surface area contributed by atoms with Gasteiger partial charge in [0.1, 0.15) is 0 Å². The number of hydrogen-bond donors (Lipinski definition) is 1. The van der Waals surface area contributed by atoms with Crippen LogP contribution in [-0.4, -0.2) is 18.5 Å². The number of nitrogens with one attached hydrogen (secondary N) is 1. The van der Waals surface area contributed by atoms with E-state index in [9.17, 15) is 9.59 Å². The van der Waals surface area contributed by atoms with E-state index >= 15 is 0 Å². The molecule has 0 saturated carbocycles. The Bertz CT molecular complexity index is 788. The topological polar surface area (TPSA) is 55.4 Å². The summed E-state index contributed by atoms with van der Waals surface area (Å²) in [5, 5.41) is 3.06. The fourth-order valence-corrected chi connectivity index (χ4v) is 3.19. The molecule has 3 rings (SSSR count). The molecule has 0 atom stereocenters. The highest BCUT2D eigenvalue weighted by Crippen LogP contribution is 2.22. The molecule has 1 aliphatic rings. The van der Waals surface area contributed by atoms with Crippen LogP contribution in [0.1, 0.15) is 29.5 Å². The van der Waals surface area contributed by atoms with Crippen LogP contribution < -0.4 is 5.32 Å². The first-order valence-corrected chi connectivity index (χ1v) is 8.80. The van der Waals surface area contributed by atoms with Gasteiger partial charge in [-0.3, -0.25) is 9.59 Å². The van der Waals surface area contributed by atoms with Crippen molar-refractivity contribution in [2.24, 2.45) is 0 Å². The molecule has 0 heterocycles. The molecule has 0 saturated heterocycles. The number of halogens is 1. The van der Waals surface area contributed by atoms with Crippen molar-refractivity contribution in [2.45, 2.75) is 32.1 Å². The Kier molecular flexibility index (Phi) is 5.71. The van der Waals surface area contributed by atoms with E-state index in [1.165, 1.54) is 24.0 Å². The molecule has 130 valence electrons. The molecule has 0 unspecified atom stereocenters. The van der Waals surface area contributed by atoms with E-state index in [2.05, 4.69) is 17.4 Å². The zero-order valence-corrected chi connectivity index (χ0v) is 14.6. The van der Waals surface area contributed by atoms with E-state index in [0.29, 0.717) is 10.7 Å². The number of amides is 1. The molecule has 2 aromatic rings. The third-order valence-corrected chi connectivity index (χ3v) is 4.60. The summed E-state index contributed by atoms with van der Waals surface area (Å²) in [7, 11) is 0. The van der Waals surface area contributed by atoms with Crippen molar-refractivity contribution in [1.29, 1.82) is 0 Å². The summed E-state index contributed by atoms with van der Waals surface area (Å²) in [6.45, 7) is -0.324. The molecule has 1 N–H and O–H groups in total. The minimum absolute atomic E-state index is 0.173. The number of carbonyl (C=O) groups excluding carboxylic acids is 2. The summed E-state index contributed by atoms with van der Waals surface area (Å²) in [5.41, 5.74) is 4.13. The second-order valence-corrected chi connectivity index (χ2v) is 6.58. The Morgan fingerprint density at radius 2 is 1.80 bits per heavy atom. The van der Waals surface area contributed by atoms with Gasteiger partial charge in [0.15, 0.2) is 6.61 Å². The van der Waals surface area contributed by atoms with Gasteiger partial charge >= 0.3 is 5.97 Å². The van der Waals surface area contributed by atoms with E-state index in [1.54, 1.807) is 24.3 Å². The van der Waals surface area contributed by atoms with Gasteiger partial charge in [-0.25, -0.2) is 0 Å². The Labute approximate surface area is 152 Å². The van der Waals surface area contributed by atoms with Gasteiger partial charge in [0.25, 0.3) is 5.91 Å². The Morgan fingerprint density at radius 3 is 2.60 bits per heavy atom. The zero-order valence-electron chi connectivity index (χ0n) is 13.9. The summed E-state index contributed by atoms with van der Waals surface area (Å²) in [4.78, 5) is 23.8. The number of aryl methyl sites for hydroxylation is 2. The maximum absolute atomic E-state index is 12.0. The van der Waals surface area contributed by atoms with Crippen LogP contribution in [0.2, 0.25) is 5.02 Å². The monoisotopic (exact) mass is 357 g/mol. The molecular formula is C20H20ClNO3. The van der Waals surface area contributed by atoms with E-state index in [1.807, 2.05) is 6.07 Å². The van der Waals surface area contributed by atoms with Gasteiger partial charge in [-0.15, -0.1) is 0 Å². The predicted molar refractivity (Wildman–Crippen MR) is 97.8 cm³/mol. The van der Waals surface area contributed by atoms with Crippen molar-refractivity contribution in [3.05, 3.63) is 64.2 Å². The van der Waals surface area contributed by atoms with Crippen molar-refractivity contribution >= 4 is 29.2 Å². The fraction of sp³-hybridized carbons (Fsp3) is 0.300. The van der Waals surface area contributed by atoms with Crippen LogP contribution in [0.4, 0.5) is 5.69 Å². The van der Waals surface area contributed by atoms with Gasteiger partial charge in [-0.1, -0.05) is 41.9 Å². The lowest BCUT2D eigenvalue weighted by molar-refractivity contribution is -0.146. The fourth-order valence-electron chi connectivity index (χ4n) is 3.01. The van der Waals surface area contributed by atoms with E-state index in [-0.39, 0.29) is 13.0 Å². The highest BCUT2D eigenvalue weighted by atomic mass is 35.5. The summed E-state index contributed by atoms with van der Waals surface area (Å²) >= 11 is 5.97. The Balaban J connectivity index is 1.49. The van der Waals surface area contributed by atoms with E-state index < -0.39 is 11.9 Å². The molecule has 0 aromatic heterocycles. The molecule has 0 aliphatic heterocycles. The standard InChI is InChI=1S/C20H20ClNO3/c21-17-7-3-4-8-18(17)22-19(23)13-25-20(24)12-14-9-10-15-5-1-2-6-16(15)11-14/h3-4,7-11H,1-2,5-6,12-13H2,(H,22,23). The van der Waals surface area contributed by atoms with Crippen LogP contribution in [0, 0.1) is 0 Å². The first-order valence-electron chi connectivity index (χ1n) is 8.42. The van der Waals surface area contributed by atoms with Crippen LogP contribution in [0.5, 0.6) is 0 Å². The number of carbonyl (C=O) groups is 2. The molecule has 25 heavy (non-hydrogen) atoms. The molecule has 1 amide bonds. The van der Waals surface area contributed by atoms with Gasteiger partial charge in [0.2, 0.25) is 0 Å². The number of ether oxygens (including phenoxy) is 1. The Morgan fingerprint density at radius 1 is 1.04 bits per heavy atom. The molecule has 1 aliphatic carbocycles. The number of benzene rings is 2. The van der Waals surface area contributed by atoms with Gasteiger partial charge < -0.3 is 10.1 Å². The number of anilines is 1. The number of hydrogen-bond acceptors (Lipinski definition) is 3. The van der Waals surface area contributed by atoms with Gasteiger partial charge in [-0.05, 0) is 54.5 Å². The molecule has 2 aromatic carbocycles. The molecule has 0 bridgehead atoms. The minimum atomic E-state index is -0.412. The molecule has 0 radical (unpaired) electrons. The van der Waals surface area contributed by atoms with Crippen molar-refractivity contribution in [3.63, 3.8) is 0 Å². The van der Waals surface area contributed by atoms with Crippen molar-refractivity contribution < 1.29 is 14.3 Å². The van der Waals surface area contributed by atoms with Crippen molar-refractivity contribution in [2.75, 3.05) is 11.9 Å². The normalized spacial score (nSPS) is 13.0. The van der Waals surface area contributed by atoms with Crippen molar-refractivity contribution in [3.8, 4) is 0 Å². The summed E-state index contributed by atoms with van der Waals surface area (Å²) in [5.74, 6) is -0.822. The Hall–Kier alpha value is -2.33. The van der Waals surface area contributed by atoms with E-state index in [4.69, 9.17) is 16.3 Å². The summed E-state index contributed by atoms with van der Waals surface area (Å²) in [6, 6.07) is 13.1. The number of esters is 1. The second kappa shape index (κ2) is 8.17. The largest absolute Gasteiger partial charge is 0.455 e. The second-order valence-electron chi connectivity index (χ2n) is 6.18. The zero-order chi connectivity index (χ0) is 17.6. The first kappa shape index (κ1) is 17.5. The molecule has 5 heteroatoms. The molecule has 4 nitrogen and oxygen atoms in total. The van der Waals surface area contributed by atoms with E-state index in [0.717, 1.165) is 18.4 Å². The molecule has 0 spiro atoms. The third-order valence-electron chi connectivity index (χ3n) is 4.27. The average molecular weight is 358 g/mol. The lowest BCUT2D eigenvalue weighted by Crippen LogP contribution is -2.21. The number of rotatable bonds is 5. The van der Waals surface area contributed by atoms with Crippen LogP contribution in [0.3, 0.4) is 0 Å². The highest BCUT2D eigenvalue weighted by Gasteiger charge is 2.13. The number of fused-ring (bicyclic) bond motifs is 1. The van der Waals surface area contributed by atoms with Gasteiger partial charge in [-0.2, -0.15) is 0 Å². The smallest absolute Gasteiger partial charge is 0.310 e. The third kappa shape index (κ3) is 4.83. The van der Waals surface area contributed by atoms with Crippen LogP contribution in [-0.2, 0) is 33.6 Å². The van der Waals surface area contributed by atoms with Crippen molar-refractivity contribution in [1.82, 2.24) is 0 Å². The van der Waals surface area contributed by atoms with Crippen LogP contribution in [0.25, 0.3) is 0 Å². The first-order chi connectivity index (χ1) is 12.1. The summed E-state index contributed by atoms with van der Waals surface area (Å²) in [6.07, 6.45) is 4.78. The SMILES string of the molecule is O=C(COC(=O)Cc1ccc2c(c1)CCCC2)Nc1ccccc1Cl. The van der Waals surface area contributed by atoms with Gasteiger partial charge in [0, 0.05) is 0 Å². The molecule has 0 fully saturated rings. The lowest BCUT2D eigenvalue weighted by Gasteiger charge is -2.16. The maximum atomic E-state index is 12.0. The maximum Gasteiger partial charge on any atom is 0.310 e. The minimum Gasteiger partial charge on any atom is -0.455 e. The lowest BCUT2D eigenvalue weighted by atomic mass is 9.90. The summed E-state index contributed by atoms with van der Waals surface area (Å²) < 4.78 is 5.07.